The Morgan fingerprint density at radius 1 is 1.30 bits per heavy atom. The molecular formula is C23H19F2N7O. The molecule has 10 heteroatoms. The van der Waals surface area contributed by atoms with Gasteiger partial charge in [0.15, 0.2) is 11.6 Å². The molecule has 3 aromatic heterocycles. The summed E-state index contributed by atoms with van der Waals surface area (Å²) in [5.41, 5.74) is 7.35. The highest BCUT2D eigenvalue weighted by atomic mass is 19.2. The molecule has 1 aliphatic rings. The molecule has 1 amide bonds. The van der Waals surface area contributed by atoms with Crippen molar-refractivity contribution in [3.63, 3.8) is 0 Å². The standard InChI is InChI=1S/C23H19F2N7O/c1-3-18(33)31-9-7-14(11-31)32-17-6-8-27-23(26)19(17)15(29-32)5-4-13-10-16-22(21(25)20(13)24)30(2)12-28-16/h3,6,8,10,12,14H,1,7,9,11H2,2H3,(H2,26,27). The van der Waals surface area contributed by atoms with Crippen molar-refractivity contribution >= 4 is 33.7 Å². The third kappa shape index (κ3) is 3.29. The molecule has 0 saturated carbocycles. The minimum absolute atomic E-state index is 0.0704. The van der Waals surface area contributed by atoms with E-state index in [-0.39, 0.29) is 28.8 Å². The summed E-state index contributed by atoms with van der Waals surface area (Å²) < 4.78 is 32.4. The van der Waals surface area contributed by atoms with Crippen molar-refractivity contribution in [3.05, 3.63) is 60.2 Å². The quantitative estimate of drug-likeness (QED) is 0.376. The molecule has 1 fully saturated rings. The van der Waals surface area contributed by atoms with Crippen LogP contribution in [0.2, 0.25) is 0 Å². The number of imidazole rings is 1. The van der Waals surface area contributed by atoms with Crippen molar-refractivity contribution in [1.29, 1.82) is 0 Å². The Balaban J connectivity index is 1.59. The summed E-state index contributed by atoms with van der Waals surface area (Å²) in [4.78, 5) is 21.9. The van der Waals surface area contributed by atoms with E-state index in [1.54, 1.807) is 28.9 Å². The number of nitrogens with two attached hydrogens (primary N) is 1. The van der Waals surface area contributed by atoms with Crippen LogP contribution in [0.25, 0.3) is 21.9 Å². The fourth-order valence-corrected chi connectivity index (χ4v) is 4.21. The first-order chi connectivity index (χ1) is 15.9. The lowest BCUT2D eigenvalue weighted by molar-refractivity contribution is -0.125. The number of rotatable bonds is 2. The molecule has 1 atom stereocenters. The van der Waals surface area contributed by atoms with Gasteiger partial charge in [0.1, 0.15) is 17.0 Å². The second-order valence-electron chi connectivity index (χ2n) is 7.84. The Bertz CT molecular complexity index is 1510. The van der Waals surface area contributed by atoms with E-state index in [1.807, 2.05) is 0 Å². The molecule has 5 rings (SSSR count). The molecule has 0 radical (unpaired) electrons. The number of fused-ring (bicyclic) bond motifs is 2. The Hall–Kier alpha value is -4.26. The van der Waals surface area contributed by atoms with E-state index in [4.69, 9.17) is 5.73 Å². The van der Waals surface area contributed by atoms with Gasteiger partial charge in [-0.3, -0.25) is 9.48 Å². The Morgan fingerprint density at radius 3 is 2.91 bits per heavy atom. The molecule has 0 aliphatic carbocycles. The van der Waals surface area contributed by atoms with Crippen molar-refractivity contribution in [2.45, 2.75) is 12.5 Å². The van der Waals surface area contributed by atoms with Crippen LogP contribution in [0.5, 0.6) is 0 Å². The van der Waals surface area contributed by atoms with Gasteiger partial charge in [0.2, 0.25) is 5.91 Å². The number of carbonyl (C=O) groups excluding carboxylic acids is 1. The summed E-state index contributed by atoms with van der Waals surface area (Å²) in [6, 6.07) is 3.08. The second-order valence-corrected chi connectivity index (χ2v) is 7.84. The van der Waals surface area contributed by atoms with E-state index in [2.05, 4.69) is 33.5 Å². The molecule has 1 aromatic carbocycles. The van der Waals surface area contributed by atoms with Crippen LogP contribution in [-0.2, 0) is 11.8 Å². The van der Waals surface area contributed by atoms with E-state index in [0.29, 0.717) is 41.6 Å². The molecule has 1 aliphatic heterocycles. The van der Waals surface area contributed by atoms with Gasteiger partial charge in [-0.2, -0.15) is 5.10 Å². The normalized spacial score (nSPS) is 15.7. The van der Waals surface area contributed by atoms with E-state index in [0.717, 1.165) is 0 Å². The van der Waals surface area contributed by atoms with Crippen LogP contribution in [0, 0.1) is 23.5 Å². The number of aryl methyl sites for hydroxylation is 1. The maximum atomic E-state index is 14.7. The third-order valence-electron chi connectivity index (χ3n) is 5.84. The number of amides is 1. The number of pyridine rings is 1. The Labute approximate surface area is 187 Å². The van der Waals surface area contributed by atoms with E-state index in [1.165, 1.54) is 23.0 Å². The minimum atomic E-state index is -1.05. The number of aromatic nitrogens is 5. The molecule has 1 unspecified atom stereocenters. The van der Waals surface area contributed by atoms with E-state index in [9.17, 15) is 13.6 Å². The summed E-state index contributed by atoms with van der Waals surface area (Å²) in [7, 11) is 1.59. The number of likely N-dealkylation sites (tertiary alicyclic amines) is 1. The topological polar surface area (TPSA) is 94.9 Å². The van der Waals surface area contributed by atoms with Gasteiger partial charge in [-0.05, 0) is 30.6 Å². The van der Waals surface area contributed by atoms with Gasteiger partial charge in [-0.25, -0.2) is 18.7 Å². The largest absolute Gasteiger partial charge is 0.383 e. The van der Waals surface area contributed by atoms with Crippen molar-refractivity contribution in [2.24, 2.45) is 7.05 Å². The van der Waals surface area contributed by atoms with Gasteiger partial charge in [0.05, 0.1) is 34.4 Å². The first-order valence-electron chi connectivity index (χ1n) is 10.2. The SMILES string of the molecule is C=CC(=O)N1CCC(n2nc(C#Cc3cc4ncn(C)c4c(F)c3F)c3c(N)nccc32)C1. The summed E-state index contributed by atoms with van der Waals surface area (Å²) >= 11 is 0. The highest BCUT2D eigenvalue weighted by molar-refractivity contribution is 5.93. The molecule has 1 saturated heterocycles. The highest BCUT2D eigenvalue weighted by Crippen LogP contribution is 2.30. The van der Waals surface area contributed by atoms with Crippen LogP contribution in [0.15, 0.2) is 37.3 Å². The maximum absolute atomic E-state index is 14.7. The second kappa shape index (κ2) is 7.70. The zero-order chi connectivity index (χ0) is 23.3. The number of nitrogen functional groups attached to an aromatic ring is 1. The van der Waals surface area contributed by atoms with Crippen molar-refractivity contribution in [2.75, 3.05) is 18.8 Å². The van der Waals surface area contributed by atoms with Crippen LogP contribution in [0.3, 0.4) is 0 Å². The molecule has 2 N–H and O–H groups in total. The molecule has 0 bridgehead atoms. The number of carbonyl (C=O) groups is 1. The maximum Gasteiger partial charge on any atom is 0.246 e. The van der Waals surface area contributed by atoms with Crippen LogP contribution in [0.4, 0.5) is 14.6 Å². The predicted octanol–water partition coefficient (Wildman–Crippen LogP) is 2.54. The van der Waals surface area contributed by atoms with Crippen molar-refractivity contribution in [3.8, 4) is 11.8 Å². The summed E-state index contributed by atoms with van der Waals surface area (Å²) in [5, 5.41) is 5.13. The van der Waals surface area contributed by atoms with E-state index < -0.39 is 11.6 Å². The van der Waals surface area contributed by atoms with Gasteiger partial charge in [-0.1, -0.05) is 12.5 Å². The van der Waals surface area contributed by atoms with Crippen LogP contribution in [-0.4, -0.2) is 48.2 Å². The van der Waals surface area contributed by atoms with Gasteiger partial charge in [-0.15, -0.1) is 0 Å². The van der Waals surface area contributed by atoms with Crippen molar-refractivity contribution in [1.82, 2.24) is 29.2 Å². The number of hydrogen-bond acceptors (Lipinski definition) is 5. The zero-order valence-electron chi connectivity index (χ0n) is 17.7. The fraction of sp³-hybridized carbons (Fsp3) is 0.217. The third-order valence-corrected chi connectivity index (χ3v) is 5.84. The Morgan fingerprint density at radius 2 is 2.12 bits per heavy atom. The number of anilines is 1. The fourth-order valence-electron chi connectivity index (χ4n) is 4.21. The molecule has 33 heavy (non-hydrogen) atoms. The van der Waals surface area contributed by atoms with Gasteiger partial charge >= 0.3 is 0 Å². The number of hydrogen-bond donors (Lipinski definition) is 1. The molecule has 166 valence electrons. The van der Waals surface area contributed by atoms with Gasteiger partial charge in [0.25, 0.3) is 0 Å². The zero-order valence-corrected chi connectivity index (χ0v) is 17.7. The van der Waals surface area contributed by atoms with Crippen molar-refractivity contribution < 1.29 is 13.6 Å². The predicted molar refractivity (Wildman–Crippen MR) is 119 cm³/mol. The number of nitrogens with zero attached hydrogens (tertiary/aromatic N) is 6. The van der Waals surface area contributed by atoms with Crippen LogP contribution in [0.1, 0.15) is 23.7 Å². The summed E-state index contributed by atoms with van der Waals surface area (Å²) in [5.74, 6) is 3.54. The molecule has 4 aromatic rings. The Kier molecular flexibility index (Phi) is 4.82. The van der Waals surface area contributed by atoms with E-state index >= 15 is 0 Å². The summed E-state index contributed by atoms with van der Waals surface area (Å²) in [6.07, 6.45) is 4.96. The van der Waals surface area contributed by atoms with Crippen LogP contribution >= 0.6 is 0 Å². The van der Waals surface area contributed by atoms with Crippen LogP contribution < -0.4 is 5.73 Å². The molecule has 0 spiro atoms. The first-order valence-corrected chi connectivity index (χ1v) is 10.2. The average molecular weight is 447 g/mol. The lowest BCUT2D eigenvalue weighted by Gasteiger charge is -2.15. The molecule has 8 nitrogen and oxygen atoms in total. The molecular weight excluding hydrogens is 428 g/mol. The monoisotopic (exact) mass is 447 g/mol. The first kappa shape index (κ1) is 20.6. The van der Waals surface area contributed by atoms with Gasteiger partial charge in [0, 0.05) is 26.3 Å². The minimum Gasteiger partial charge on any atom is -0.383 e. The lowest BCUT2D eigenvalue weighted by atomic mass is 10.1. The number of benzene rings is 1. The summed E-state index contributed by atoms with van der Waals surface area (Å²) in [6.45, 7) is 4.58. The highest BCUT2D eigenvalue weighted by Gasteiger charge is 2.29. The van der Waals surface area contributed by atoms with Gasteiger partial charge < -0.3 is 15.2 Å². The average Bonchev–Trinajstić information content (AvgIpc) is 3.52. The lowest BCUT2D eigenvalue weighted by Crippen LogP contribution is -2.27. The molecule has 4 heterocycles. The number of halogens is 2. The smallest absolute Gasteiger partial charge is 0.246 e.